The summed E-state index contributed by atoms with van der Waals surface area (Å²) in [5.41, 5.74) is 0.438. The van der Waals surface area contributed by atoms with Crippen LogP contribution in [0.5, 0.6) is 0 Å². The van der Waals surface area contributed by atoms with Gasteiger partial charge in [0.15, 0.2) is 6.61 Å². The Morgan fingerprint density at radius 1 is 1.24 bits per heavy atom. The second-order valence-corrected chi connectivity index (χ2v) is 5.89. The Morgan fingerprint density at radius 3 is 2.44 bits per heavy atom. The number of hydrogen-bond acceptors (Lipinski definition) is 5. The van der Waals surface area contributed by atoms with Crippen molar-refractivity contribution in [3.63, 3.8) is 0 Å². The average Bonchev–Trinajstić information content (AvgIpc) is 2.61. The largest absolute Gasteiger partial charge is 0.454 e. The number of benzene rings is 1. The molecule has 0 aliphatic rings. The van der Waals surface area contributed by atoms with E-state index in [1.807, 2.05) is 6.07 Å². The molecule has 7 nitrogen and oxygen atoms in total. The lowest BCUT2D eigenvalue weighted by Gasteiger charge is -2.22. The van der Waals surface area contributed by atoms with E-state index < -0.39 is 24.5 Å². The minimum Gasteiger partial charge on any atom is -0.454 e. The smallest absolute Gasteiger partial charge is 0.329 e. The number of likely N-dealkylation sites (N-methyl/N-ethyl adjacent to an activating group) is 1. The van der Waals surface area contributed by atoms with Crippen molar-refractivity contribution in [3.05, 3.63) is 35.9 Å². The molecule has 0 unspecified atom stereocenters. The van der Waals surface area contributed by atoms with E-state index >= 15 is 0 Å². The summed E-state index contributed by atoms with van der Waals surface area (Å²) in [6.07, 6.45) is 0.206. The lowest BCUT2D eigenvalue weighted by atomic mass is 10.0. The van der Waals surface area contributed by atoms with Crippen LogP contribution in [0.2, 0.25) is 0 Å². The molecule has 1 rings (SSSR count). The molecule has 1 aromatic rings. The highest BCUT2D eigenvalue weighted by atomic mass is 16.5. The fourth-order valence-electron chi connectivity index (χ4n) is 1.99. The number of rotatable bonds is 8. The van der Waals surface area contributed by atoms with Gasteiger partial charge in [-0.05, 0) is 18.1 Å². The van der Waals surface area contributed by atoms with Crippen LogP contribution < -0.4 is 5.32 Å². The molecule has 0 saturated heterocycles. The molecule has 1 atom stereocenters. The Kier molecular flexibility index (Phi) is 8.13. The third-order valence-corrected chi connectivity index (χ3v) is 3.57. The predicted molar refractivity (Wildman–Crippen MR) is 91.4 cm³/mol. The van der Waals surface area contributed by atoms with E-state index in [2.05, 4.69) is 5.32 Å². The van der Waals surface area contributed by atoms with Crippen LogP contribution in [-0.2, 0) is 14.3 Å². The molecule has 1 N–H and O–H groups in total. The van der Waals surface area contributed by atoms with E-state index in [1.165, 1.54) is 11.9 Å². The molecule has 2 amide bonds. The molecular weight excluding hydrogens is 322 g/mol. The van der Waals surface area contributed by atoms with E-state index in [-0.39, 0.29) is 24.8 Å². The van der Waals surface area contributed by atoms with Crippen LogP contribution in [-0.4, -0.2) is 48.9 Å². The number of nitrogens with zero attached hydrogens (tertiary/aromatic N) is 2. The van der Waals surface area contributed by atoms with Crippen LogP contribution in [0.15, 0.2) is 30.3 Å². The summed E-state index contributed by atoms with van der Waals surface area (Å²) in [4.78, 5) is 37.6. The van der Waals surface area contributed by atoms with E-state index in [0.717, 1.165) is 0 Å². The van der Waals surface area contributed by atoms with Crippen molar-refractivity contribution in [1.29, 1.82) is 5.26 Å². The van der Waals surface area contributed by atoms with Crippen LogP contribution in [0.1, 0.15) is 30.6 Å². The molecule has 0 aliphatic carbocycles. The minimum absolute atomic E-state index is 0.202. The van der Waals surface area contributed by atoms with Gasteiger partial charge in [-0.1, -0.05) is 32.0 Å². The van der Waals surface area contributed by atoms with Gasteiger partial charge in [0.05, 0.1) is 12.5 Å². The molecule has 7 heteroatoms. The number of carbonyl (C=O) groups excluding carboxylic acids is 3. The van der Waals surface area contributed by atoms with Crippen LogP contribution in [0.3, 0.4) is 0 Å². The number of ether oxygens (including phenoxy) is 1. The molecule has 0 radical (unpaired) electrons. The number of hydrogen-bond donors (Lipinski definition) is 1. The number of esters is 1. The molecular formula is C18H23N3O4. The van der Waals surface area contributed by atoms with Crippen molar-refractivity contribution in [2.24, 2.45) is 5.92 Å². The zero-order chi connectivity index (χ0) is 18.8. The monoisotopic (exact) mass is 345 g/mol. The van der Waals surface area contributed by atoms with Gasteiger partial charge in [-0.15, -0.1) is 0 Å². The molecule has 0 fully saturated rings. The lowest BCUT2D eigenvalue weighted by molar-refractivity contribution is -0.154. The third-order valence-electron chi connectivity index (χ3n) is 3.57. The van der Waals surface area contributed by atoms with Crippen molar-refractivity contribution in [3.8, 4) is 6.07 Å². The fourth-order valence-corrected chi connectivity index (χ4v) is 1.99. The Bertz CT molecular complexity index is 637. The first-order chi connectivity index (χ1) is 11.9. The van der Waals surface area contributed by atoms with Gasteiger partial charge in [-0.25, -0.2) is 4.79 Å². The van der Waals surface area contributed by atoms with Gasteiger partial charge in [-0.3, -0.25) is 9.59 Å². The summed E-state index contributed by atoms with van der Waals surface area (Å²) in [6, 6.07) is 9.62. The highest BCUT2D eigenvalue weighted by molar-refractivity contribution is 5.97. The number of nitrogens with one attached hydrogen (secondary N) is 1. The van der Waals surface area contributed by atoms with Crippen LogP contribution in [0.4, 0.5) is 0 Å². The van der Waals surface area contributed by atoms with Crippen molar-refractivity contribution >= 4 is 17.8 Å². The van der Waals surface area contributed by atoms with Gasteiger partial charge in [-0.2, -0.15) is 5.26 Å². The topological polar surface area (TPSA) is 99.5 Å². The average molecular weight is 345 g/mol. The minimum atomic E-state index is -0.857. The van der Waals surface area contributed by atoms with E-state index in [4.69, 9.17) is 10.00 Å². The molecule has 0 saturated carbocycles. The molecule has 0 bridgehead atoms. The summed E-state index contributed by atoms with van der Waals surface area (Å²) >= 11 is 0. The van der Waals surface area contributed by atoms with Crippen LogP contribution in [0.25, 0.3) is 0 Å². The quantitative estimate of drug-likeness (QED) is 0.717. The third kappa shape index (κ3) is 6.63. The summed E-state index contributed by atoms with van der Waals surface area (Å²) in [7, 11) is 1.53. The highest BCUT2D eigenvalue weighted by Gasteiger charge is 2.27. The maximum Gasteiger partial charge on any atom is 0.329 e. The second kappa shape index (κ2) is 10.1. The molecule has 25 heavy (non-hydrogen) atoms. The Hall–Kier alpha value is -2.88. The number of carbonyl (C=O) groups is 3. The first kappa shape index (κ1) is 20.2. The van der Waals surface area contributed by atoms with Crippen molar-refractivity contribution in [2.75, 3.05) is 20.2 Å². The molecule has 0 heterocycles. The Labute approximate surface area is 147 Å². The molecule has 0 aliphatic heterocycles. The Balaban J connectivity index is 2.61. The molecule has 0 spiro atoms. The number of amides is 2. The van der Waals surface area contributed by atoms with Gasteiger partial charge in [0.25, 0.3) is 11.8 Å². The van der Waals surface area contributed by atoms with E-state index in [1.54, 1.807) is 44.2 Å². The summed E-state index contributed by atoms with van der Waals surface area (Å²) in [5.74, 6) is -1.65. The Morgan fingerprint density at radius 2 is 1.88 bits per heavy atom. The van der Waals surface area contributed by atoms with E-state index in [9.17, 15) is 14.4 Å². The van der Waals surface area contributed by atoms with Gasteiger partial charge >= 0.3 is 5.97 Å². The zero-order valence-electron chi connectivity index (χ0n) is 14.7. The fraction of sp³-hybridized carbons (Fsp3) is 0.444. The lowest BCUT2D eigenvalue weighted by Crippen LogP contribution is -2.46. The standard InChI is InChI=1S/C18H23N3O4/c1-13(2)16(20-17(23)14-8-5-4-6-9-14)18(24)25-12-15(22)21(3)11-7-10-19/h4-6,8-9,13,16H,7,11-12H2,1-3H3,(H,20,23)/t16-/m0/s1. The van der Waals surface area contributed by atoms with Gasteiger partial charge in [0.1, 0.15) is 6.04 Å². The maximum absolute atomic E-state index is 12.2. The molecule has 0 aromatic heterocycles. The van der Waals surface area contributed by atoms with E-state index in [0.29, 0.717) is 5.56 Å². The van der Waals surface area contributed by atoms with Gasteiger partial charge in [0.2, 0.25) is 0 Å². The SMILES string of the molecule is CC(C)[C@H](NC(=O)c1ccccc1)C(=O)OCC(=O)N(C)CCC#N. The number of nitriles is 1. The highest BCUT2D eigenvalue weighted by Crippen LogP contribution is 2.07. The van der Waals surface area contributed by atoms with Crippen LogP contribution >= 0.6 is 0 Å². The van der Waals surface area contributed by atoms with Crippen molar-refractivity contribution < 1.29 is 19.1 Å². The van der Waals surface area contributed by atoms with Gasteiger partial charge < -0.3 is 15.0 Å². The first-order valence-corrected chi connectivity index (χ1v) is 8.00. The molecule has 1 aromatic carbocycles. The maximum atomic E-state index is 12.2. The van der Waals surface area contributed by atoms with Crippen molar-refractivity contribution in [2.45, 2.75) is 26.3 Å². The van der Waals surface area contributed by atoms with Gasteiger partial charge in [0, 0.05) is 19.2 Å². The normalized spacial score (nSPS) is 11.3. The van der Waals surface area contributed by atoms with Crippen molar-refractivity contribution in [1.82, 2.24) is 10.2 Å². The summed E-state index contributed by atoms with van der Waals surface area (Å²) < 4.78 is 5.04. The summed E-state index contributed by atoms with van der Waals surface area (Å²) in [6.45, 7) is 3.40. The zero-order valence-corrected chi connectivity index (χ0v) is 14.7. The second-order valence-electron chi connectivity index (χ2n) is 5.89. The first-order valence-electron chi connectivity index (χ1n) is 8.00. The summed E-state index contributed by atoms with van der Waals surface area (Å²) in [5, 5.41) is 11.2. The van der Waals surface area contributed by atoms with Crippen LogP contribution in [0, 0.1) is 17.2 Å². The molecule has 134 valence electrons. The predicted octanol–water partition coefficient (Wildman–Crippen LogP) is 1.36.